The van der Waals surface area contributed by atoms with Crippen LogP contribution >= 0.6 is 23.5 Å². The molecule has 2 aromatic heterocycles. The molecule has 1 N–H and O–H groups in total. The number of pyridine rings is 1. The first-order valence-electron chi connectivity index (χ1n) is 10.5. The number of aryl methyl sites for hydroxylation is 1. The van der Waals surface area contributed by atoms with Gasteiger partial charge in [-0.1, -0.05) is 23.9 Å². The van der Waals surface area contributed by atoms with Gasteiger partial charge in [-0.3, -0.25) is 4.98 Å². The fourth-order valence-corrected chi connectivity index (χ4v) is 5.32. The summed E-state index contributed by atoms with van der Waals surface area (Å²) in [5.74, 6) is 3.22. The Morgan fingerprint density at radius 1 is 1.06 bits per heavy atom. The zero-order chi connectivity index (χ0) is 21.3. The fourth-order valence-electron chi connectivity index (χ4n) is 3.42. The topological polar surface area (TPSA) is 71.1 Å². The predicted octanol–water partition coefficient (Wildman–Crippen LogP) is 5.14. The van der Waals surface area contributed by atoms with Crippen LogP contribution in [-0.2, 0) is 6.42 Å². The van der Waals surface area contributed by atoms with Gasteiger partial charge in [0.15, 0.2) is 5.16 Å². The number of aromatic nitrogens is 3. The molecule has 6 nitrogen and oxygen atoms in total. The minimum atomic E-state index is -0.252. The summed E-state index contributed by atoms with van der Waals surface area (Å²) in [6.45, 7) is 1.49. The summed E-state index contributed by atoms with van der Waals surface area (Å²) in [5, 5.41) is 0.959. The first kappa shape index (κ1) is 21.8. The maximum atomic E-state index is 12.5. The number of piperidine rings is 1. The average molecular weight is 455 g/mol. The molecule has 1 aromatic carbocycles. The second-order valence-electron chi connectivity index (χ2n) is 7.43. The van der Waals surface area contributed by atoms with Gasteiger partial charge in [-0.2, -0.15) is 0 Å². The van der Waals surface area contributed by atoms with Crippen molar-refractivity contribution in [2.75, 3.05) is 24.6 Å². The summed E-state index contributed by atoms with van der Waals surface area (Å²) in [6.07, 6.45) is 9.95. The van der Waals surface area contributed by atoms with Crippen LogP contribution in [0.4, 0.5) is 4.79 Å². The molecule has 0 saturated carbocycles. The summed E-state index contributed by atoms with van der Waals surface area (Å²) >= 11 is 3.56. The molecule has 1 aliphatic rings. The number of hydrogen-bond acceptors (Lipinski definition) is 6. The fraction of sp³-hybridized carbons (Fsp3) is 0.348. The van der Waals surface area contributed by atoms with Crippen LogP contribution in [0.1, 0.15) is 18.4 Å². The number of amides is 1. The van der Waals surface area contributed by atoms with Crippen molar-refractivity contribution >= 4 is 29.6 Å². The highest BCUT2D eigenvalue weighted by Crippen LogP contribution is 2.25. The Kier molecular flexibility index (Phi) is 7.90. The van der Waals surface area contributed by atoms with Crippen molar-refractivity contribution in [2.24, 2.45) is 5.92 Å². The third-order valence-electron chi connectivity index (χ3n) is 5.24. The van der Waals surface area contributed by atoms with Crippen molar-refractivity contribution in [3.05, 3.63) is 66.7 Å². The molecule has 0 radical (unpaired) electrons. The van der Waals surface area contributed by atoms with E-state index in [1.165, 1.54) is 10.5 Å². The lowest BCUT2D eigenvalue weighted by molar-refractivity contribution is 0.134. The number of carbonyl (C=O) groups is 1. The Labute approximate surface area is 191 Å². The Morgan fingerprint density at radius 2 is 1.84 bits per heavy atom. The number of ether oxygens (including phenoxy) is 1. The number of rotatable bonds is 8. The van der Waals surface area contributed by atoms with Crippen molar-refractivity contribution in [1.82, 2.24) is 19.9 Å². The Hall–Kier alpha value is -2.45. The largest absolute Gasteiger partial charge is 0.415 e. The SMILES string of the molecule is O=C(Oc1ccc(CCSc2ccncc2)cc1)N1CCC(CSc2ncc[nH]2)CC1. The van der Waals surface area contributed by atoms with Crippen LogP contribution in [0, 0.1) is 5.92 Å². The molecule has 0 spiro atoms. The zero-order valence-electron chi connectivity index (χ0n) is 17.3. The van der Waals surface area contributed by atoms with Gasteiger partial charge in [0.2, 0.25) is 0 Å². The molecule has 1 fully saturated rings. The molecule has 4 rings (SSSR count). The van der Waals surface area contributed by atoms with Crippen molar-refractivity contribution in [3.63, 3.8) is 0 Å². The predicted molar refractivity (Wildman–Crippen MR) is 125 cm³/mol. The van der Waals surface area contributed by atoms with Gasteiger partial charge in [0.05, 0.1) is 0 Å². The number of imidazole rings is 1. The quantitative estimate of drug-likeness (QED) is 0.475. The Bertz CT molecular complexity index is 928. The molecular formula is C23H26N4O2S2. The van der Waals surface area contributed by atoms with E-state index in [-0.39, 0.29) is 6.09 Å². The van der Waals surface area contributed by atoms with E-state index >= 15 is 0 Å². The second-order valence-corrected chi connectivity index (χ2v) is 9.61. The lowest BCUT2D eigenvalue weighted by Gasteiger charge is -2.30. The highest BCUT2D eigenvalue weighted by atomic mass is 32.2. The van der Waals surface area contributed by atoms with Gasteiger partial charge in [-0.05, 0) is 55.0 Å². The first-order chi connectivity index (χ1) is 15.3. The molecule has 31 heavy (non-hydrogen) atoms. The van der Waals surface area contributed by atoms with Gasteiger partial charge >= 0.3 is 6.09 Å². The number of nitrogens with zero attached hydrogens (tertiary/aromatic N) is 3. The van der Waals surface area contributed by atoms with Crippen molar-refractivity contribution in [2.45, 2.75) is 29.3 Å². The maximum Gasteiger partial charge on any atom is 0.415 e. The summed E-state index contributed by atoms with van der Waals surface area (Å²) < 4.78 is 5.59. The number of H-pyrrole nitrogens is 1. The minimum Gasteiger partial charge on any atom is -0.410 e. The van der Waals surface area contributed by atoms with Crippen LogP contribution in [0.5, 0.6) is 5.75 Å². The summed E-state index contributed by atoms with van der Waals surface area (Å²) in [6, 6.07) is 11.9. The van der Waals surface area contributed by atoms with E-state index in [0.717, 1.165) is 49.0 Å². The van der Waals surface area contributed by atoms with E-state index in [9.17, 15) is 4.79 Å². The van der Waals surface area contributed by atoms with Crippen LogP contribution in [-0.4, -0.2) is 50.5 Å². The van der Waals surface area contributed by atoms with Crippen molar-refractivity contribution < 1.29 is 9.53 Å². The third-order valence-corrected chi connectivity index (χ3v) is 7.39. The molecule has 0 bridgehead atoms. The van der Waals surface area contributed by atoms with E-state index in [1.807, 2.05) is 71.7 Å². The molecule has 1 saturated heterocycles. The van der Waals surface area contributed by atoms with E-state index in [4.69, 9.17) is 4.74 Å². The van der Waals surface area contributed by atoms with E-state index < -0.39 is 0 Å². The molecule has 162 valence electrons. The maximum absolute atomic E-state index is 12.5. The van der Waals surface area contributed by atoms with Crippen LogP contribution < -0.4 is 4.74 Å². The van der Waals surface area contributed by atoms with E-state index in [0.29, 0.717) is 11.7 Å². The van der Waals surface area contributed by atoms with Crippen LogP contribution in [0.25, 0.3) is 0 Å². The van der Waals surface area contributed by atoms with Crippen molar-refractivity contribution in [3.8, 4) is 5.75 Å². The number of likely N-dealkylation sites (tertiary alicyclic amines) is 1. The molecular weight excluding hydrogens is 428 g/mol. The van der Waals surface area contributed by atoms with Crippen molar-refractivity contribution in [1.29, 1.82) is 0 Å². The van der Waals surface area contributed by atoms with Gasteiger partial charge in [0.25, 0.3) is 0 Å². The number of aromatic amines is 1. The standard InChI is InChI=1S/C23H26N4O2S2/c28-23(27-14-7-19(8-15-27)17-31-22-25-12-13-26-22)29-20-3-1-18(2-4-20)9-16-30-21-5-10-24-11-6-21/h1-6,10-13,19H,7-9,14-17H2,(H,25,26). The van der Waals surface area contributed by atoms with E-state index in [2.05, 4.69) is 15.0 Å². The summed E-state index contributed by atoms with van der Waals surface area (Å²) in [4.78, 5) is 26.9. The zero-order valence-corrected chi connectivity index (χ0v) is 18.9. The molecule has 0 unspecified atom stereocenters. The lowest BCUT2D eigenvalue weighted by atomic mass is 9.99. The first-order valence-corrected chi connectivity index (χ1v) is 12.4. The van der Waals surface area contributed by atoms with E-state index in [1.54, 1.807) is 18.0 Å². The van der Waals surface area contributed by atoms with Crippen LogP contribution in [0.3, 0.4) is 0 Å². The average Bonchev–Trinajstić information content (AvgIpc) is 3.34. The lowest BCUT2D eigenvalue weighted by Crippen LogP contribution is -2.40. The summed E-state index contributed by atoms with van der Waals surface area (Å²) in [7, 11) is 0. The van der Waals surface area contributed by atoms with Gasteiger partial charge < -0.3 is 14.6 Å². The van der Waals surface area contributed by atoms with Gasteiger partial charge in [-0.15, -0.1) is 11.8 Å². The van der Waals surface area contributed by atoms with Crippen LogP contribution in [0.2, 0.25) is 0 Å². The highest BCUT2D eigenvalue weighted by molar-refractivity contribution is 7.99. The number of benzene rings is 1. The third kappa shape index (κ3) is 6.77. The number of nitrogens with one attached hydrogen (secondary N) is 1. The molecule has 1 aliphatic heterocycles. The van der Waals surface area contributed by atoms with Gasteiger partial charge in [0, 0.05) is 54.3 Å². The molecule has 0 aliphatic carbocycles. The Balaban J connectivity index is 1.16. The smallest absolute Gasteiger partial charge is 0.410 e. The molecule has 1 amide bonds. The second kappa shape index (κ2) is 11.2. The molecule has 3 aromatic rings. The number of thioether (sulfide) groups is 2. The normalized spacial score (nSPS) is 14.5. The Morgan fingerprint density at radius 3 is 2.55 bits per heavy atom. The monoisotopic (exact) mass is 454 g/mol. The summed E-state index contributed by atoms with van der Waals surface area (Å²) in [5.41, 5.74) is 1.23. The highest BCUT2D eigenvalue weighted by Gasteiger charge is 2.24. The van der Waals surface area contributed by atoms with Gasteiger partial charge in [0.1, 0.15) is 5.75 Å². The van der Waals surface area contributed by atoms with Crippen LogP contribution in [0.15, 0.2) is 71.2 Å². The molecule has 3 heterocycles. The molecule has 0 atom stereocenters. The van der Waals surface area contributed by atoms with Gasteiger partial charge in [-0.25, -0.2) is 9.78 Å². The minimum absolute atomic E-state index is 0.252. The molecule has 8 heteroatoms. The number of carbonyl (C=O) groups excluding carboxylic acids is 1. The number of hydrogen-bond donors (Lipinski definition) is 1.